The SMILES string of the molecule is CC(CN1CCCC1)NC(=O)Cn1cnc(N)n1. The highest BCUT2D eigenvalue weighted by Crippen LogP contribution is 2.07. The van der Waals surface area contributed by atoms with Crippen molar-refractivity contribution in [2.75, 3.05) is 25.4 Å². The normalized spacial score (nSPS) is 17.8. The summed E-state index contributed by atoms with van der Waals surface area (Å²) >= 11 is 0. The number of rotatable bonds is 5. The Labute approximate surface area is 106 Å². The van der Waals surface area contributed by atoms with Crippen molar-refractivity contribution in [3.05, 3.63) is 6.33 Å². The van der Waals surface area contributed by atoms with Gasteiger partial charge in [0.1, 0.15) is 12.9 Å². The van der Waals surface area contributed by atoms with Gasteiger partial charge < -0.3 is 16.0 Å². The molecular formula is C11H20N6O. The fourth-order valence-electron chi connectivity index (χ4n) is 2.25. The van der Waals surface area contributed by atoms with Gasteiger partial charge in [0, 0.05) is 12.6 Å². The van der Waals surface area contributed by atoms with Gasteiger partial charge in [0.2, 0.25) is 11.9 Å². The van der Waals surface area contributed by atoms with Gasteiger partial charge in [-0.25, -0.2) is 9.67 Å². The number of nitrogen functional groups attached to an aromatic ring is 1. The van der Waals surface area contributed by atoms with E-state index in [-0.39, 0.29) is 24.4 Å². The lowest BCUT2D eigenvalue weighted by Crippen LogP contribution is -2.42. The molecule has 18 heavy (non-hydrogen) atoms. The second-order valence-corrected chi connectivity index (χ2v) is 4.78. The molecule has 1 aliphatic heterocycles. The summed E-state index contributed by atoms with van der Waals surface area (Å²) in [5, 5.41) is 6.83. The van der Waals surface area contributed by atoms with E-state index in [4.69, 9.17) is 5.73 Å². The highest BCUT2D eigenvalue weighted by atomic mass is 16.2. The number of anilines is 1. The maximum absolute atomic E-state index is 11.7. The Hall–Kier alpha value is -1.63. The molecule has 0 bridgehead atoms. The minimum absolute atomic E-state index is 0.0633. The molecule has 1 unspecified atom stereocenters. The molecule has 0 saturated carbocycles. The molecule has 1 saturated heterocycles. The van der Waals surface area contributed by atoms with Gasteiger partial charge in [0.25, 0.3) is 0 Å². The predicted molar refractivity (Wildman–Crippen MR) is 67.7 cm³/mol. The number of carbonyl (C=O) groups excluding carboxylic acids is 1. The molecule has 7 nitrogen and oxygen atoms in total. The van der Waals surface area contributed by atoms with E-state index in [1.165, 1.54) is 23.9 Å². The van der Waals surface area contributed by atoms with Gasteiger partial charge in [0.05, 0.1) is 0 Å². The average molecular weight is 252 g/mol. The molecule has 1 aromatic rings. The molecule has 1 aromatic heterocycles. The second-order valence-electron chi connectivity index (χ2n) is 4.78. The second kappa shape index (κ2) is 5.81. The Morgan fingerprint density at radius 1 is 1.56 bits per heavy atom. The van der Waals surface area contributed by atoms with Crippen LogP contribution in [0.25, 0.3) is 0 Å². The van der Waals surface area contributed by atoms with Gasteiger partial charge in [-0.3, -0.25) is 4.79 Å². The maximum Gasteiger partial charge on any atom is 0.242 e. The molecule has 1 atom stereocenters. The van der Waals surface area contributed by atoms with Gasteiger partial charge in [0.15, 0.2) is 0 Å². The van der Waals surface area contributed by atoms with Crippen molar-refractivity contribution >= 4 is 11.9 Å². The number of hydrogen-bond acceptors (Lipinski definition) is 5. The van der Waals surface area contributed by atoms with Crippen LogP contribution in [0.4, 0.5) is 5.95 Å². The number of nitrogens with one attached hydrogen (secondary N) is 1. The summed E-state index contributed by atoms with van der Waals surface area (Å²) in [6, 6.07) is 0.150. The Bertz CT molecular complexity index is 398. The fourth-order valence-corrected chi connectivity index (χ4v) is 2.25. The number of nitrogens with zero attached hydrogens (tertiary/aromatic N) is 4. The van der Waals surface area contributed by atoms with E-state index in [0.29, 0.717) is 0 Å². The molecule has 0 radical (unpaired) electrons. The number of likely N-dealkylation sites (tertiary alicyclic amines) is 1. The van der Waals surface area contributed by atoms with Crippen molar-refractivity contribution in [2.24, 2.45) is 0 Å². The molecule has 2 rings (SSSR count). The van der Waals surface area contributed by atoms with Crippen LogP contribution < -0.4 is 11.1 Å². The lowest BCUT2D eigenvalue weighted by molar-refractivity contribution is -0.122. The zero-order valence-electron chi connectivity index (χ0n) is 10.7. The third-order valence-corrected chi connectivity index (χ3v) is 3.00. The molecule has 3 N–H and O–H groups in total. The van der Waals surface area contributed by atoms with Crippen molar-refractivity contribution < 1.29 is 4.79 Å². The predicted octanol–water partition coefficient (Wildman–Crippen LogP) is -0.539. The molecule has 7 heteroatoms. The van der Waals surface area contributed by atoms with E-state index in [0.717, 1.165) is 19.6 Å². The Kier molecular flexibility index (Phi) is 4.14. The van der Waals surface area contributed by atoms with Crippen molar-refractivity contribution in [1.82, 2.24) is 25.0 Å². The Morgan fingerprint density at radius 2 is 2.28 bits per heavy atom. The van der Waals surface area contributed by atoms with E-state index in [9.17, 15) is 4.79 Å². The number of hydrogen-bond donors (Lipinski definition) is 2. The molecular weight excluding hydrogens is 232 g/mol. The van der Waals surface area contributed by atoms with E-state index in [2.05, 4.69) is 20.3 Å². The molecule has 1 fully saturated rings. The third kappa shape index (κ3) is 3.69. The van der Waals surface area contributed by atoms with E-state index in [1.54, 1.807) is 0 Å². The van der Waals surface area contributed by atoms with Gasteiger partial charge in [-0.2, -0.15) is 0 Å². The van der Waals surface area contributed by atoms with Gasteiger partial charge in [-0.05, 0) is 32.9 Å². The van der Waals surface area contributed by atoms with Crippen molar-refractivity contribution in [3.63, 3.8) is 0 Å². The first-order chi connectivity index (χ1) is 8.63. The van der Waals surface area contributed by atoms with Gasteiger partial charge in [-0.1, -0.05) is 0 Å². The van der Waals surface area contributed by atoms with Crippen LogP contribution in [-0.2, 0) is 11.3 Å². The van der Waals surface area contributed by atoms with E-state index >= 15 is 0 Å². The van der Waals surface area contributed by atoms with E-state index in [1.807, 2.05) is 6.92 Å². The standard InChI is InChI=1S/C11H20N6O/c1-9(6-16-4-2-3-5-16)14-10(18)7-17-8-13-11(12)15-17/h8-9H,2-7H2,1H3,(H2,12,15)(H,14,18). The molecule has 100 valence electrons. The lowest BCUT2D eigenvalue weighted by atomic mass is 10.3. The summed E-state index contributed by atoms with van der Waals surface area (Å²) in [6.45, 7) is 5.37. The summed E-state index contributed by atoms with van der Waals surface area (Å²) in [4.78, 5) is 17.9. The zero-order valence-corrected chi connectivity index (χ0v) is 10.7. The topological polar surface area (TPSA) is 89.1 Å². The van der Waals surface area contributed by atoms with Crippen molar-refractivity contribution in [2.45, 2.75) is 32.4 Å². The number of nitrogens with two attached hydrogens (primary N) is 1. The molecule has 0 aromatic carbocycles. The molecule has 0 aliphatic carbocycles. The summed E-state index contributed by atoms with van der Waals surface area (Å²) in [6.07, 6.45) is 3.98. The molecule has 1 aliphatic rings. The van der Waals surface area contributed by atoms with Crippen LogP contribution in [0.3, 0.4) is 0 Å². The van der Waals surface area contributed by atoms with Crippen LogP contribution >= 0.6 is 0 Å². The third-order valence-electron chi connectivity index (χ3n) is 3.00. The number of aromatic nitrogens is 3. The summed E-state index contributed by atoms with van der Waals surface area (Å²) in [7, 11) is 0. The van der Waals surface area contributed by atoms with Crippen LogP contribution in [0.5, 0.6) is 0 Å². The number of carbonyl (C=O) groups is 1. The zero-order chi connectivity index (χ0) is 13.0. The number of amides is 1. The maximum atomic E-state index is 11.7. The van der Waals surface area contributed by atoms with Crippen molar-refractivity contribution in [1.29, 1.82) is 0 Å². The molecule has 2 heterocycles. The van der Waals surface area contributed by atoms with Gasteiger partial charge in [-0.15, -0.1) is 5.10 Å². The Morgan fingerprint density at radius 3 is 2.89 bits per heavy atom. The lowest BCUT2D eigenvalue weighted by Gasteiger charge is -2.21. The monoisotopic (exact) mass is 252 g/mol. The van der Waals surface area contributed by atoms with E-state index < -0.39 is 0 Å². The minimum atomic E-state index is -0.0633. The summed E-state index contributed by atoms with van der Waals surface area (Å²) < 4.78 is 1.44. The fraction of sp³-hybridized carbons (Fsp3) is 0.727. The summed E-state index contributed by atoms with van der Waals surface area (Å²) in [5.41, 5.74) is 5.38. The molecule has 1 amide bonds. The first-order valence-corrected chi connectivity index (χ1v) is 6.30. The van der Waals surface area contributed by atoms with Gasteiger partial charge >= 0.3 is 0 Å². The average Bonchev–Trinajstić information content (AvgIpc) is 2.90. The van der Waals surface area contributed by atoms with Crippen molar-refractivity contribution in [3.8, 4) is 0 Å². The van der Waals surface area contributed by atoms with Crippen LogP contribution in [0.15, 0.2) is 6.33 Å². The summed E-state index contributed by atoms with van der Waals surface area (Å²) in [5.74, 6) is 0.125. The first kappa shape index (κ1) is 12.8. The largest absolute Gasteiger partial charge is 0.367 e. The van der Waals surface area contributed by atoms with Crippen LogP contribution in [0.1, 0.15) is 19.8 Å². The highest BCUT2D eigenvalue weighted by Gasteiger charge is 2.16. The van der Waals surface area contributed by atoms with Crippen LogP contribution in [-0.4, -0.2) is 51.2 Å². The van der Waals surface area contributed by atoms with Crippen LogP contribution in [0, 0.1) is 0 Å². The molecule has 0 spiro atoms. The van der Waals surface area contributed by atoms with Crippen LogP contribution in [0.2, 0.25) is 0 Å². The first-order valence-electron chi connectivity index (χ1n) is 6.30. The Balaban J connectivity index is 1.72. The minimum Gasteiger partial charge on any atom is -0.367 e. The quantitative estimate of drug-likeness (QED) is 0.734. The smallest absolute Gasteiger partial charge is 0.242 e. The highest BCUT2D eigenvalue weighted by molar-refractivity contribution is 5.75.